The Hall–Kier alpha value is -1.01. The van der Waals surface area contributed by atoms with E-state index in [-0.39, 0.29) is 0 Å². The molecule has 2 heterocycles. The highest BCUT2D eigenvalue weighted by atomic mass is 35.5. The number of rotatable bonds is 5. The predicted octanol–water partition coefficient (Wildman–Crippen LogP) is 5.94. The van der Waals surface area contributed by atoms with Crippen molar-refractivity contribution in [3.05, 3.63) is 51.3 Å². The maximum absolute atomic E-state index is 6.26. The first-order valence-corrected chi connectivity index (χ1v) is 9.90. The van der Waals surface area contributed by atoms with Gasteiger partial charge < -0.3 is 0 Å². The number of nitrogens with zero attached hydrogens (tertiary/aromatic N) is 3. The molecule has 0 amide bonds. The predicted molar refractivity (Wildman–Crippen MR) is 97.6 cm³/mol. The van der Waals surface area contributed by atoms with Crippen LogP contribution in [0.3, 0.4) is 0 Å². The molecule has 0 radical (unpaired) electrons. The van der Waals surface area contributed by atoms with Crippen molar-refractivity contribution in [2.24, 2.45) is 0 Å². The Kier molecular flexibility index (Phi) is 4.37. The van der Waals surface area contributed by atoms with Gasteiger partial charge in [-0.05, 0) is 42.0 Å². The second-order valence-electron chi connectivity index (χ2n) is 5.41. The van der Waals surface area contributed by atoms with Gasteiger partial charge in [0.25, 0.3) is 0 Å². The summed E-state index contributed by atoms with van der Waals surface area (Å²) in [6.07, 6.45) is 2.40. The van der Waals surface area contributed by atoms with Crippen LogP contribution in [0, 0.1) is 0 Å². The third kappa shape index (κ3) is 3.29. The molecule has 0 unspecified atom stereocenters. The summed E-state index contributed by atoms with van der Waals surface area (Å²) >= 11 is 15.6. The Morgan fingerprint density at radius 3 is 2.78 bits per heavy atom. The van der Waals surface area contributed by atoms with Crippen LogP contribution in [0.15, 0.2) is 40.9 Å². The monoisotopic (exact) mass is 381 g/mol. The molecule has 0 bridgehead atoms. The third-order valence-electron chi connectivity index (χ3n) is 3.69. The highest BCUT2D eigenvalue weighted by Crippen LogP contribution is 2.42. The Bertz CT molecular complexity index is 826. The van der Waals surface area contributed by atoms with Crippen LogP contribution in [0.2, 0.25) is 10.0 Å². The zero-order valence-corrected chi connectivity index (χ0v) is 15.2. The largest absolute Gasteiger partial charge is 0.298 e. The lowest BCUT2D eigenvalue weighted by atomic mass is 10.2. The molecule has 1 aliphatic carbocycles. The van der Waals surface area contributed by atoms with E-state index in [2.05, 4.69) is 26.2 Å². The van der Waals surface area contributed by atoms with Crippen LogP contribution in [-0.4, -0.2) is 14.8 Å². The van der Waals surface area contributed by atoms with Gasteiger partial charge in [-0.3, -0.25) is 4.57 Å². The van der Waals surface area contributed by atoms with Crippen LogP contribution < -0.4 is 0 Å². The molecule has 0 saturated heterocycles. The van der Waals surface area contributed by atoms with E-state index in [0.717, 1.165) is 22.3 Å². The molecule has 7 heteroatoms. The van der Waals surface area contributed by atoms with E-state index in [4.69, 9.17) is 23.2 Å². The van der Waals surface area contributed by atoms with Gasteiger partial charge in [-0.25, -0.2) is 0 Å². The maximum atomic E-state index is 6.26. The fraction of sp³-hybridized carbons (Fsp3) is 0.250. The van der Waals surface area contributed by atoms with Crippen molar-refractivity contribution in [3.8, 4) is 10.7 Å². The van der Waals surface area contributed by atoms with Gasteiger partial charge >= 0.3 is 0 Å². The molecule has 3 aromatic rings. The Balaban J connectivity index is 1.60. The van der Waals surface area contributed by atoms with Crippen molar-refractivity contribution in [2.45, 2.75) is 29.8 Å². The summed E-state index contributed by atoms with van der Waals surface area (Å²) in [5, 5.41) is 13.2. The number of hydrogen-bond donors (Lipinski definition) is 0. The fourth-order valence-corrected chi connectivity index (χ4v) is 4.66. The molecule has 2 aromatic heterocycles. The number of thioether (sulfide) groups is 1. The lowest BCUT2D eigenvalue weighted by Gasteiger charge is -2.08. The van der Waals surface area contributed by atoms with Crippen LogP contribution in [0.25, 0.3) is 10.7 Å². The smallest absolute Gasteiger partial charge is 0.192 e. The normalized spacial score (nSPS) is 14.3. The minimum Gasteiger partial charge on any atom is -0.298 e. The van der Waals surface area contributed by atoms with Gasteiger partial charge in [0.15, 0.2) is 11.0 Å². The second-order valence-corrected chi connectivity index (χ2v) is 8.14. The SMILES string of the molecule is Clc1ccc(CSc2nnc(-c3cccs3)n2C2CC2)c(Cl)c1. The van der Waals surface area contributed by atoms with E-state index in [9.17, 15) is 0 Å². The highest BCUT2D eigenvalue weighted by molar-refractivity contribution is 7.98. The van der Waals surface area contributed by atoms with Crippen LogP contribution in [0.5, 0.6) is 0 Å². The molecular formula is C16H13Cl2N3S2. The first kappa shape index (κ1) is 15.5. The first-order chi connectivity index (χ1) is 11.2. The second kappa shape index (κ2) is 6.48. The Morgan fingerprint density at radius 2 is 2.09 bits per heavy atom. The summed E-state index contributed by atoms with van der Waals surface area (Å²) in [5.74, 6) is 1.73. The first-order valence-electron chi connectivity index (χ1n) is 7.28. The summed E-state index contributed by atoms with van der Waals surface area (Å²) in [5.41, 5.74) is 1.06. The minimum atomic E-state index is 0.533. The quantitative estimate of drug-likeness (QED) is 0.512. The van der Waals surface area contributed by atoms with Crippen molar-refractivity contribution in [3.63, 3.8) is 0 Å². The summed E-state index contributed by atoms with van der Waals surface area (Å²) in [7, 11) is 0. The van der Waals surface area contributed by atoms with Crippen LogP contribution in [0.1, 0.15) is 24.4 Å². The van der Waals surface area contributed by atoms with E-state index in [1.807, 2.05) is 18.2 Å². The number of benzene rings is 1. The molecule has 0 aliphatic heterocycles. The molecule has 23 heavy (non-hydrogen) atoms. The van der Waals surface area contributed by atoms with E-state index < -0.39 is 0 Å². The standard InChI is InChI=1S/C16H13Cl2N3S2/c17-11-4-3-10(13(18)8-11)9-23-16-20-19-15(14-2-1-7-22-14)21(16)12-5-6-12/h1-4,7-8,12H,5-6,9H2. The summed E-state index contributed by atoms with van der Waals surface area (Å²) in [6.45, 7) is 0. The lowest BCUT2D eigenvalue weighted by molar-refractivity contribution is 0.670. The summed E-state index contributed by atoms with van der Waals surface area (Å²) in [4.78, 5) is 1.17. The van der Waals surface area contributed by atoms with Crippen LogP contribution in [-0.2, 0) is 5.75 Å². The van der Waals surface area contributed by atoms with Gasteiger partial charge in [0.05, 0.1) is 4.88 Å². The van der Waals surface area contributed by atoms with Gasteiger partial charge in [-0.15, -0.1) is 21.5 Å². The van der Waals surface area contributed by atoms with E-state index in [0.29, 0.717) is 16.1 Å². The molecule has 0 N–H and O–H groups in total. The van der Waals surface area contributed by atoms with Gasteiger partial charge in [-0.2, -0.15) is 0 Å². The van der Waals surface area contributed by atoms with E-state index in [1.54, 1.807) is 29.2 Å². The molecule has 1 fully saturated rings. The van der Waals surface area contributed by atoms with Crippen molar-refractivity contribution in [2.75, 3.05) is 0 Å². The molecule has 1 aromatic carbocycles. The van der Waals surface area contributed by atoms with Gasteiger partial charge in [0, 0.05) is 21.8 Å². The minimum absolute atomic E-state index is 0.533. The van der Waals surface area contributed by atoms with E-state index >= 15 is 0 Å². The molecule has 3 nitrogen and oxygen atoms in total. The molecule has 118 valence electrons. The average Bonchev–Trinajstić information content (AvgIpc) is 3.07. The van der Waals surface area contributed by atoms with Crippen molar-refractivity contribution in [1.29, 1.82) is 0 Å². The maximum Gasteiger partial charge on any atom is 0.192 e. The number of thiophene rings is 1. The molecular weight excluding hydrogens is 369 g/mol. The topological polar surface area (TPSA) is 30.7 Å². The Morgan fingerprint density at radius 1 is 1.22 bits per heavy atom. The number of hydrogen-bond acceptors (Lipinski definition) is 4. The molecule has 0 spiro atoms. The highest BCUT2D eigenvalue weighted by Gasteiger charge is 2.30. The fourth-order valence-electron chi connectivity index (χ4n) is 2.39. The van der Waals surface area contributed by atoms with Crippen molar-refractivity contribution in [1.82, 2.24) is 14.8 Å². The van der Waals surface area contributed by atoms with Gasteiger partial charge in [0.1, 0.15) is 0 Å². The zero-order chi connectivity index (χ0) is 15.8. The van der Waals surface area contributed by atoms with Crippen LogP contribution >= 0.6 is 46.3 Å². The molecule has 0 atom stereocenters. The Labute approximate surface area is 152 Å². The molecule has 4 rings (SSSR count). The van der Waals surface area contributed by atoms with Gasteiger partial charge in [0.2, 0.25) is 0 Å². The van der Waals surface area contributed by atoms with E-state index in [1.165, 1.54) is 17.7 Å². The zero-order valence-electron chi connectivity index (χ0n) is 12.1. The summed E-state index contributed by atoms with van der Waals surface area (Å²) < 4.78 is 2.28. The molecule has 1 saturated carbocycles. The third-order valence-corrected chi connectivity index (χ3v) is 6.13. The van der Waals surface area contributed by atoms with Gasteiger partial charge in [-0.1, -0.05) is 47.1 Å². The summed E-state index contributed by atoms with van der Waals surface area (Å²) in [6, 6.07) is 10.3. The lowest BCUT2D eigenvalue weighted by Crippen LogP contribution is -1.99. The van der Waals surface area contributed by atoms with Crippen molar-refractivity contribution < 1.29 is 0 Å². The number of halogens is 2. The average molecular weight is 382 g/mol. The number of aromatic nitrogens is 3. The molecule has 1 aliphatic rings. The van der Waals surface area contributed by atoms with Crippen molar-refractivity contribution >= 4 is 46.3 Å². The van der Waals surface area contributed by atoms with Crippen LogP contribution in [0.4, 0.5) is 0 Å².